The highest BCUT2D eigenvalue weighted by molar-refractivity contribution is 5.57. The van der Waals surface area contributed by atoms with E-state index in [1.54, 1.807) is 31.0 Å². The van der Waals surface area contributed by atoms with E-state index in [1.165, 1.54) is 12.4 Å². The second-order valence-corrected chi connectivity index (χ2v) is 4.98. The largest absolute Gasteiger partial charge is 0.433 e. The van der Waals surface area contributed by atoms with Gasteiger partial charge >= 0.3 is 6.18 Å². The Balaban J connectivity index is 2.53. The first-order valence-corrected chi connectivity index (χ1v) is 6.49. The Hall–Kier alpha value is -2.44. The molecule has 0 atom stereocenters. The smallest absolute Gasteiger partial charge is 0.356 e. The van der Waals surface area contributed by atoms with Gasteiger partial charge in [-0.25, -0.2) is 9.97 Å². The van der Waals surface area contributed by atoms with Crippen LogP contribution in [-0.4, -0.2) is 28.5 Å². The Kier molecular flexibility index (Phi) is 4.44. The van der Waals surface area contributed by atoms with Gasteiger partial charge in [0, 0.05) is 37.6 Å². The number of nitrogens with zero attached hydrogens (tertiary/aromatic N) is 4. The first-order valence-electron chi connectivity index (χ1n) is 6.49. The van der Waals surface area contributed by atoms with Gasteiger partial charge in [0.15, 0.2) is 11.5 Å². The summed E-state index contributed by atoms with van der Waals surface area (Å²) in [5.41, 5.74) is 0.323. The third kappa shape index (κ3) is 3.81. The lowest BCUT2D eigenvalue weighted by Gasteiger charge is -2.20. The average molecular weight is 308 g/mol. The Morgan fingerprint density at radius 3 is 2.41 bits per heavy atom. The van der Waals surface area contributed by atoms with Crippen LogP contribution in [0.15, 0.2) is 42.7 Å². The summed E-state index contributed by atoms with van der Waals surface area (Å²) < 4.78 is 39.2. The Labute approximate surface area is 126 Å². The predicted molar refractivity (Wildman–Crippen MR) is 78.3 cm³/mol. The summed E-state index contributed by atoms with van der Waals surface area (Å²) >= 11 is 0. The molecule has 4 nitrogen and oxygen atoms in total. The topological polar surface area (TPSA) is 41.9 Å². The summed E-state index contributed by atoms with van der Waals surface area (Å²) in [6.45, 7) is 5.96. The van der Waals surface area contributed by atoms with Crippen molar-refractivity contribution in [2.75, 3.05) is 18.5 Å². The van der Waals surface area contributed by atoms with Crippen LogP contribution in [0.5, 0.6) is 0 Å². The number of hydrogen-bond acceptors (Lipinski definition) is 4. The fraction of sp³-hybridized carbons (Fsp3) is 0.267. The molecule has 0 aliphatic heterocycles. The molecule has 22 heavy (non-hydrogen) atoms. The normalized spacial score (nSPS) is 11.3. The first kappa shape index (κ1) is 15.9. The molecule has 0 unspecified atom stereocenters. The van der Waals surface area contributed by atoms with Gasteiger partial charge in [-0.2, -0.15) is 13.2 Å². The van der Waals surface area contributed by atoms with Gasteiger partial charge in [0.1, 0.15) is 5.82 Å². The van der Waals surface area contributed by atoms with Crippen LogP contribution >= 0.6 is 0 Å². The molecule has 0 saturated heterocycles. The molecule has 0 fully saturated rings. The van der Waals surface area contributed by atoms with Gasteiger partial charge < -0.3 is 4.90 Å². The number of likely N-dealkylation sites (N-methyl/N-ethyl adjacent to an activating group) is 1. The number of alkyl halides is 3. The predicted octanol–water partition coefficient (Wildman–Crippen LogP) is 3.57. The zero-order valence-corrected chi connectivity index (χ0v) is 12.2. The van der Waals surface area contributed by atoms with Crippen LogP contribution in [0.2, 0.25) is 0 Å². The highest BCUT2D eigenvalue weighted by Gasteiger charge is 2.34. The van der Waals surface area contributed by atoms with Gasteiger partial charge in [-0.1, -0.05) is 12.2 Å². The lowest BCUT2D eigenvalue weighted by Crippen LogP contribution is -2.22. The molecule has 2 heterocycles. The molecule has 0 radical (unpaired) electrons. The van der Waals surface area contributed by atoms with E-state index in [1.807, 2.05) is 0 Å². The maximum absolute atomic E-state index is 13.1. The van der Waals surface area contributed by atoms with Crippen LogP contribution in [0.3, 0.4) is 0 Å². The van der Waals surface area contributed by atoms with Gasteiger partial charge in [-0.05, 0) is 19.1 Å². The minimum absolute atomic E-state index is 0.0146. The summed E-state index contributed by atoms with van der Waals surface area (Å²) in [5, 5.41) is 0. The van der Waals surface area contributed by atoms with Gasteiger partial charge in [0.25, 0.3) is 0 Å². The molecule has 2 aromatic heterocycles. The van der Waals surface area contributed by atoms with Crippen molar-refractivity contribution < 1.29 is 13.2 Å². The molecule has 0 aliphatic rings. The molecule has 0 aromatic carbocycles. The molecule has 116 valence electrons. The van der Waals surface area contributed by atoms with Gasteiger partial charge in [0.2, 0.25) is 0 Å². The highest BCUT2D eigenvalue weighted by Crippen LogP contribution is 2.31. The average Bonchev–Trinajstić information content (AvgIpc) is 2.46. The van der Waals surface area contributed by atoms with E-state index in [9.17, 15) is 13.2 Å². The third-order valence-electron chi connectivity index (χ3n) is 2.84. The fourth-order valence-corrected chi connectivity index (χ4v) is 1.89. The molecular weight excluding hydrogens is 293 g/mol. The fourth-order valence-electron chi connectivity index (χ4n) is 1.89. The molecular formula is C15H15F3N4. The van der Waals surface area contributed by atoms with E-state index in [0.717, 1.165) is 11.6 Å². The van der Waals surface area contributed by atoms with Crippen molar-refractivity contribution in [3.63, 3.8) is 0 Å². The monoisotopic (exact) mass is 308 g/mol. The third-order valence-corrected chi connectivity index (χ3v) is 2.84. The Morgan fingerprint density at radius 1 is 1.23 bits per heavy atom. The molecule has 2 aromatic rings. The van der Waals surface area contributed by atoms with Crippen molar-refractivity contribution in [3.05, 3.63) is 48.4 Å². The summed E-state index contributed by atoms with van der Waals surface area (Å²) in [4.78, 5) is 13.3. The minimum atomic E-state index is -4.54. The number of aromatic nitrogens is 3. The van der Waals surface area contributed by atoms with Crippen LogP contribution in [0.1, 0.15) is 12.6 Å². The maximum atomic E-state index is 13.1. The molecule has 0 bridgehead atoms. The number of pyridine rings is 1. The lowest BCUT2D eigenvalue weighted by molar-refractivity contribution is -0.141. The minimum Gasteiger partial charge on any atom is -0.356 e. The number of hydrogen-bond donors (Lipinski definition) is 0. The summed E-state index contributed by atoms with van der Waals surface area (Å²) in [6, 6.07) is 4.07. The quantitative estimate of drug-likeness (QED) is 0.810. The zero-order chi connectivity index (χ0) is 16.3. The number of rotatable bonds is 4. The van der Waals surface area contributed by atoms with E-state index in [0.29, 0.717) is 12.1 Å². The molecule has 2 rings (SSSR count). The van der Waals surface area contributed by atoms with E-state index in [2.05, 4.69) is 21.5 Å². The van der Waals surface area contributed by atoms with Crippen molar-refractivity contribution in [1.29, 1.82) is 0 Å². The molecule has 0 amide bonds. The first-order chi connectivity index (χ1) is 10.3. The van der Waals surface area contributed by atoms with Crippen LogP contribution < -0.4 is 4.90 Å². The molecule has 0 aliphatic carbocycles. The van der Waals surface area contributed by atoms with E-state index >= 15 is 0 Å². The zero-order valence-electron chi connectivity index (χ0n) is 12.2. The van der Waals surface area contributed by atoms with Crippen molar-refractivity contribution >= 4 is 5.82 Å². The van der Waals surface area contributed by atoms with E-state index in [-0.39, 0.29) is 11.6 Å². The molecule has 0 saturated carbocycles. The summed E-state index contributed by atoms with van der Waals surface area (Å²) in [7, 11) is 1.66. The highest BCUT2D eigenvalue weighted by atomic mass is 19.4. The van der Waals surface area contributed by atoms with Gasteiger partial charge in [-0.3, -0.25) is 4.98 Å². The van der Waals surface area contributed by atoms with Crippen molar-refractivity contribution in [2.24, 2.45) is 0 Å². The summed E-state index contributed by atoms with van der Waals surface area (Å²) in [6.07, 6.45) is -1.57. The van der Waals surface area contributed by atoms with Crippen LogP contribution in [0.25, 0.3) is 11.4 Å². The lowest BCUT2D eigenvalue weighted by atomic mass is 10.2. The molecule has 7 heteroatoms. The molecule has 0 spiro atoms. The Morgan fingerprint density at radius 2 is 1.86 bits per heavy atom. The SMILES string of the molecule is C=C(C)CN(C)c1cc(C(F)(F)F)nc(-c2ccncc2)n1. The van der Waals surface area contributed by atoms with Crippen molar-refractivity contribution in [3.8, 4) is 11.4 Å². The number of halogens is 3. The van der Waals surface area contributed by atoms with E-state index in [4.69, 9.17) is 0 Å². The van der Waals surface area contributed by atoms with Crippen LogP contribution in [0, 0.1) is 0 Å². The van der Waals surface area contributed by atoms with Crippen molar-refractivity contribution in [2.45, 2.75) is 13.1 Å². The van der Waals surface area contributed by atoms with Crippen molar-refractivity contribution in [1.82, 2.24) is 15.0 Å². The Bertz CT molecular complexity index is 668. The standard InChI is InChI=1S/C15H15F3N4/c1-10(2)9-22(3)13-8-12(15(16,17)18)20-14(21-13)11-4-6-19-7-5-11/h4-8H,1,9H2,2-3H3. The molecule has 0 N–H and O–H groups in total. The second-order valence-electron chi connectivity index (χ2n) is 4.98. The van der Waals surface area contributed by atoms with Gasteiger partial charge in [0.05, 0.1) is 0 Å². The van der Waals surface area contributed by atoms with Gasteiger partial charge in [-0.15, -0.1) is 0 Å². The maximum Gasteiger partial charge on any atom is 0.433 e. The summed E-state index contributed by atoms with van der Waals surface area (Å²) in [5.74, 6) is 0.206. The van der Waals surface area contributed by atoms with Crippen LogP contribution in [-0.2, 0) is 6.18 Å². The van der Waals surface area contributed by atoms with Crippen LogP contribution in [0.4, 0.5) is 19.0 Å². The second kappa shape index (κ2) is 6.13. The van der Waals surface area contributed by atoms with E-state index < -0.39 is 11.9 Å². The number of anilines is 1.